The second-order valence-corrected chi connectivity index (χ2v) is 6.61. The van der Waals surface area contributed by atoms with Crippen LogP contribution in [-0.2, 0) is 4.79 Å². The van der Waals surface area contributed by atoms with Crippen LogP contribution in [0.25, 0.3) is 11.1 Å². The van der Waals surface area contributed by atoms with Crippen LogP contribution in [0.15, 0.2) is 65.5 Å². The number of aliphatic imine (C=N–C) groups is 1. The van der Waals surface area contributed by atoms with Crippen LogP contribution in [-0.4, -0.2) is 31.2 Å². The van der Waals surface area contributed by atoms with E-state index < -0.39 is 0 Å². The van der Waals surface area contributed by atoms with Crippen molar-refractivity contribution >= 4 is 29.0 Å². The number of amidine groups is 1. The molecular weight excluding hydrogens is 374 g/mol. The van der Waals surface area contributed by atoms with E-state index in [9.17, 15) is 4.79 Å². The number of nitrogens with one attached hydrogen (secondary N) is 2. The average Bonchev–Trinajstić information content (AvgIpc) is 2.73. The molecule has 0 radical (unpaired) electrons. The van der Waals surface area contributed by atoms with E-state index in [0.717, 1.165) is 41.7 Å². The fourth-order valence-electron chi connectivity index (χ4n) is 2.77. The Morgan fingerprint density at radius 3 is 2.53 bits per heavy atom. The van der Waals surface area contributed by atoms with Crippen molar-refractivity contribution < 1.29 is 4.79 Å². The summed E-state index contributed by atoms with van der Waals surface area (Å²) < 4.78 is 0. The van der Waals surface area contributed by atoms with Crippen LogP contribution < -0.4 is 16.4 Å². The number of carbonyl (C=O) groups excluding carboxylic acids is 1. The van der Waals surface area contributed by atoms with E-state index in [1.54, 1.807) is 39.4 Å². The van der Waals surface area contributed by atoms with Crippen LogP contribution >= 0.6 is 0 Å². The molecule has 0 aliphatic carbocycles. The third-order valence-electron chi connectivity index (χ3n) is 4.37. The molecule has 0 saturated heterocycles. The van der Waals surface area contributed by atoms with Crippen molar-refractivity contribution in [3.8, 4) is 0 Å². The number of nitrogens with two attached hydrogens (primary N) is 1. The maximum atomic E-state index is 12.0. The SMILES string of the molecule is C=C/C(=C(C)\C=C/CCC)c1ccc(NC)c(/C(C=O)=C(C)/N=C(N)/C=C\NC)n1. The molecule has 0 unspecified atom stereocenters. The summed E-state index contributed by atoms with van der Waals surface area (Å²) in [4.78, 5) is 21.1. The van der Waals surface area contributed by atoms with Gasteiger partial charge in [0.05, 0.1) is 28.3 Å². The highest BCUT2D eigenvalue weighted by Crippen LogP contribution is 2.28. The molecule has 1 aromatic heterocycles. The lowest BCUT2D eigenvalue weighted by molar-refractivity contribution is -0.103. The van der Waals surface area contributed by atoms with E-state index in [1.165, 1.54) is 0 Å². The van der Waals surface area contributed by atoms with Gasteiger partial charge in [-0.15, -0.1) is 0 Å². The Kier molecular flexibility index (Phi) is 10.6. The number of unbranched alkanes of at least 4 members (excludes halogenated alkanes) is 1. The highest BCUT2D eigenvalue weighted by Gasteiger charge is 2.14. The first-order valence-electron chi connectivity index (χ1n) is 9.96. The minimum Gasteiger partial charge on any atom is -0.394 e. The second-order valence-electron chi connectivity index (χ2n) is 6.61. The summed E-state index contributed by atoms with van der Waals surface area (Å²) in [6.45, 7) is 9.85. The van der Waals surface area contributed by atoms with Crippen LogP contribution in [0.3, 0.4) is 0 Å². The highest BCUT2D eigenvalue weighted by atomic mass is 16.1. The molecule has 0 aliphatic heterocycles. The lowest BCUT2D eigenvalue weighted by atomic mass is 10.0. The number of aromatic nitrogens is 1. The van der Waals surface area contributed by atoms with Crippen LogP contribution in [0.4, 0.5) is 5.69 Å². The number of nitrogens with zero attached hydrogens (tertiary/aromatic N) is 2. The van der Waals surface area contributed by atoms with E-state index in [-0.39, 0.29) is 5.84 Å². The van der Waals surface area contributed by atoms with Crippen molar-refractivity contribution in [2.45, 2.75) is 33.6 Å². The Balaban J connectivity index is 3.60. The van der Waals surface area contributed by atoms with Crippen LogP contribution in [0.1, 0.15) is 45.0 Å². The molecule has 0 bridgehead atoms. The zero-order chi connectivity index (χ0) is 22.5. The molecule has 0 aliphatic rings. The van der Waals surface area contributed by atoms with E-state index in [0.29, 0.717) is 17.0 Å². The number of carbonyl (C=O) groups is 1. The summed E-state index contributed by atoms with van der Waals surface area (Å²) in [5, 5.41) is 5.94. The maximum Gasteiger partial charge on any atom is 0.154 e. The normalized spacial score (nSPS) is 13.8. The lowest BCUT2D eigenvalue weighted by Crippen LogP contribution is -2.10. The summed E-state index contributed by atoms with van der Waals surface area (Å²) in [5.41, 5.74) is 10.7. The summed E-state index contributed by atoms with van der Waals surface area (Å²) in [5.74, 6) is 0.284. The topological polar surface area (TPSA) is 92.4 Å². The first-order chi connectivity index (χ1) is 14.4. The van der Waals surface area contributed by atoms with Gasteiger partial charge in [0.1, 0.15) is 5.84 Å². The van der Waals surface area contributed by atoms with Gasteiger partial charge in [-0.25, -0.2) is 9.98 Å². The largest absolute Gasteiger partial charge is 0.394 e. The van der Waals surface area contributed by atoms with Gasteiger partial charge in [-0.1, -0.05) is 38.2 Å². The zero-order valence-corrected chi connectivity index (χ0v) is 18.6. The Labute approximate surface area is 180 Å². The monoisotopic (exact) mass is 407 g/mol. The molecule has 1 aromatic rings. The standard InChI is InChI=1S/C24H33N5O/c1-7-9-10-11-17(3)19(8-2)21-12-13-22(27-6)24(29-21)20(16-30)18(4)28-23(25)14-15-26-5/h8,10-16,26-27H,2,7,9H2,1,3-6H3,(H2,25,28)/b11-10-,15-14-,19-17+,20-18+. The lowest BCUT2D eigenvalue weighted by Gasteiger charge is -2.13. The molecular formula is C24H33N5O. The summed E-state index contributed by atoms with van der Waals surface area (Å²) >= 11 is 0. The maximum absolute atomic E-state index is 12.0. The number of rotatable bonds is 11. The zero-order valence-electron chi connectivity index (χ0n) is 18.6. The van der Waals surface area contributed by atoms with Gasteiger partial charge >= 0.3 is 0 Å². The van der Waals surface area contributed by atoms with Crippen molar-refractivity contribution in [2.24, 2.45) is 10.7 Å². The van der Waals surface area contributed by atoms with Crippen molar-refractivity contribution in [3.05, 3.63) is 71.9 Å². The molecule has 1 rings (SSSR count). The minimum atomic E-state index is 0.284. The smallest absolute Gasteiger partial charge is 0.154 e. The quantitative estimate of drug-likeness (QED) is 0.166. The number of hydrogen-bond acceptors (Lipinski definition) is 5. The second kappa shape index (κ2) is 12.9. The highest BCUT2D eigenvalue weighted by molar-refractivity contribution is 6.10. The molecule has 0 saturated carbocycles. The van der Waals surface area contributed by atoms with Gasteiger partial charge in [0.25, 0.3) is 0 Å². The number of aldehydes is 1. The first-order valence-corrected chi connectivity index (χ1v) is 9.96. The molecule has 0 amide bonds. The molecule has 1 heterocycles. The third-order valence-corrected chi connectivity index (χ3v) is 4.37. The Hall–Kier alpha value is -3.41. The number of pyridine rings is 1. The molecule has 4 N–H and O–H groups in total. The predicted molar refractivity (Wildman–Crippen MR) is 129 cm³/mol. The molecule has 0 fully saturated rings. The van der Waals surface area contributed by atoms with Gasteiger partial charge in [-0.2, -0.15) is 0 Å². The summed E-state index contributed by atoms with van der Waals surface area (Å²) in [6, 6.07) is 3.81. The average molecular weight is 408 g/mol. The van der Waals surface area contributed by atoms with Crippen LogP contribution in [0, 0.1) is 0 Å². The molecule has 6 heteroatoms. The molecule has 160 valence electrons. The van der Waals surface area contributed by atoms with Gasteiger partial charge < -0.3 is 16.4 Å². The van der Waals surface area contributed by atoms with Crippen molar-refractivity contribution in [1.82, 2.24) is 10.3 Å². The van der Waals surface area contributed by atoms with E-state index in [4.69, 9.17) is 10.7 Å². The van der Waals surface area contributed by atoms with Gasteiger partial charge in [0, 0.05) is 19.7 Å². The third kappa shape index (κ3) is 6.88. The van der Waals surface area contributed by atoms with Gasteiger partial charge in [0.2, 0.25) is 0 Å². The summed E-state index contributed by atoms with van der Waals surface area (Å²) in [6.07, 6.45) is 12.1. The van der Waals surface area contributed by atoms with Gasteiger partial charge in [0.15, 0.2) is 6.29 Å². The van der Waals surface area contributed by atoms with E-state index in [1.807, 2.05) is 19.1 Å². The minimum absolute atomic E-state index is 0.284. The molecule has 0 atom stereocenters. The molecule has 6 nitrogen and oxygen atoms in total. The Morgan fingerprint density at radius 2 is 1.97 bits per heavy atom. The summed E-state index contributed by atoms with van der Waals surface area (Å²) in [7, 11) is 3.55. The fraction of sp³-hybridized carbons (Fsp3) is 0.292. The van der Waals surface area contributed by atoms with Crippen molar-refractivity contribution in [1.29, 1.82) is 0 Å². The Bertz CT molecular complexity index is 904. The van der Waals surface area contributed by atoms with Crippen LogP contribution in [0.2, 0.25) is 0 Å². The molecule has 0 spiro atoms. The number of hydrogen-bond donors (Lipinski definition) is 3. The number of allylic oxidation sites excluding steroid dienone is 7. The van der Waals surface area contributed by atoms with Crippen molar-refractivity contribution in [2.75, 3.05) is 19.4 Å². The van der Waals surface area contributed by atoms with E-state index in [2.05, 4.69) is 41.3 Å². The van der Waals surface area contributed by atoms with Gasteiger partial charge in [-0.3, -0.25) is 4.79 Å². The molecule has 0 aromatic carbocycles. The Morgan fingerprint density at radius 1 is 1.23 bits per heavy atom. The van der Waals surface area contributed by atoms with Gasteiger partial charge in [-0.05, 0) is 50.3 Å². The first kappa shape index (κ1) is 24.6. The van der Waals surface area contributed by atoms with Crippen LogP contribution in [0.5, 0.6) is 0 Å². The fourth-order valence-corrected chi connectivity index (χ4v) is 2.77. The van der Waals surface area contributed by atoms with Crippen molar-refractivity contribution in [3.63, 3.8) is 0 Å². The van der Waals surface area contributed by atoms with E-state index >= 15 is 0 Å². The molecule has 30 heavy (non-hydrogen) atoms. The number of anilines is 1. The predicted octanol–water partition coefficient (Wildman–Crippen LogP) is 4.46.